The maximum absolute atomic E-state index is 11.4. The quantitative estimate of drug-likeness (QED) is 0.127. The molecule has 5 aromatic carbocycles. The molecular formula is C52H31N9O6. The highest BCUT2D eigenvalue weighted by Gasteiger charge is 2.23. The lowest BCUT2D eigenvalue weighted by Gasteiger charge is -2.12. The Labute approximate surface area is 377 Å². The first kappa shape index (κ1) is 40.0. The highest BCUT2D eigenvalue weighted by atomic mass is 16.4. The normalized spacial score (nSPS) is 11.3. The van der Waals surface area contributed by atoms with Gasteiger partial charge in [-0.05, 0) is 121 Å². The van der Waals surface area contributed by atoms with Gasteiger partial charge in [0.1, 0.15) is 11.5 Å². The van der Waals surface area contributed by atoms with Crippen molar-refractivity contribution in [2.75, 3.05) is 0 Å². The summed E-state index contributed by atoms with van der Waals surface area (Å²) in [5.41, 5.74) is 9.69. The van der Waals surface area contributed by atoms with Crippen molar-refractivity contribution in [2.45, 2.75) is 0 Å². The standard InChI is InChI=1S/C27H16N4O4.C25H15N5O2/c32-26(33)16-7-5-15(6-8-16)25-30-23-19-3-1-13-28-21(19)22-20(4-2-14-29-22)24(23)31(25)18-11-9-17(10-12-18)27(34)35;31-25(32)15-8-10-16(11-9-15)30-23-18-6-4-14-28-21(18)20-17(5-3-13-27-20)22(23)29-24(30)19-7-1-2-12-26-19/h1-14H,(H,32,33)(H,34,35);1-14H,(H,31,32). The number of rotatable bonds is 7. The maximum Gasteiger partial charge on any atom is 0.335 e. The first-order valence-electron chi connectivity index (χ1n) is 20.8. The second-order valence-electron chi connectivity index (χ2n) is 15.3. The van der Waals surface area contributed by atoms with Crippen LogP contribution in [0.15, 0.2) is 171 Å². The third-order valence-electron chi connectivity index (χ3n) is 11.5. The molecule has 67 heavy (non-hydrogen) atoms. The molecule has 12 rings (SSSR count). The molecular weight excluding hydrogens is 847 g/mol. The molecule has 0 aliphatic carbocycles. The predicted molar refractivity (Wildman–Crippen MR) is 253 cm³/mol. The van der Waals surface area contributed by atoms with Crippen LogP contribution in [-0.4, -0.2) is 77.2 Å². The van der Waals surface area contributed by atoms with E-state index >= 15 is 0 Å². The van der Waals surface area contributed by atoms with E-state index in [2.05, 4.69) is 24.9 Å². The Kier molecular flexibility index (Phi) is 9.62. The monoisotopic (exact) mass is 877 g/mol. The van der Waals surface area contributed by atoms with Gasteiger partial charge in [0, 0.05) is 69.5 Å². The van der Waals surface area contributed by atoms with Crippen molar-refractivity contribution in [3.8, 4) is 34.3 Å². The summed E-state index contributed by atoms with van der Waals surface area (Å²) in [5.74, 6) is -1.75. The van der Waals surface area contributed by atoms with Crippen LogP contribution < -0.4 is 0 Å². The highest BCUT2D eigenvalue weighted by molar-refractivity contribution is 6.23. The first-order valence-corrected chi connectivity index (χ1v) is 20.8. The Balaban J connectivity index is 0.000000148. The Morgan fingerprint density at radius 2 is 0.731 bits per heavy atom. The fraction of sp³-hybridized carbons (Fsp3) is 0. The molecule has 0 atom stereocenters. The summed E-state index contributed by atoms with van der Waals surface area (Å²) in [6, 6.07) is 40.9. The van der Waals surface area contributed by atoms with E-state index in [1.807, 2.05) is 75.9 Å². The zero-order valence-corrected chi connectivity index (χ0v) is 34.8. The van der Waals surface area contributed by atoms with E-state index in [4.69, 9.17) is 9.97 Å². The smallest absolute Gasteiger partial charge is 0.335 e. The molecule has 15 heteroatoms. The van der Waals surface area contributed by atoms with E-state index in [-0.39, 0.29) is 16.7 Å². The topological polar surface area (TPSA) is 212 Å². The van der Waals surface area contributed by atoms with E-state index in [1.54, 1.807) is 91.6 Å². The van der Waals surface area contributed by atoms with Gasteiger partial charge in [0.05, 0.1) is 60.8 Å². The van der Waals surface area contributed by atoms with Gasteiger partial charge in [-0.25, -0.2) is 24.4 Å². The molecule has 0 aliphatic heterocycles. The number of carboxylic acid groups (broad SMARTS) is 3. The first-order chi connectivity index (χ1) is 32.7. The third-order valence-corrected chi connectivity index (χ3v) is 11.5. The molecule has 0 radical (unpaired) electrons. The number of imidazole rings is 2. The van der Waals surface area contributed by atoms with Crippen LogP contribution in [0.4, 0.5) is 0 Å². The number of hydrogen-bond acceptors (Lipinski definition) is 10. The van der Waals surface area contributed by atoms with Crippen LogP contribution in [0.25, 0.3) is 100.0 Å². The number of fused-ring (bicyclic) bond motifs is 12. The number of benzene rings is 5. The fourth-order valence-corrected chi connectivity index (χ4v) is 8.48. The molecule has 0 fully saturated rings. The Morgan fingerprint density at radius 1 is 0.358 bits per heavy atom. The molecule has 0 spiro atoms. The van der Waals surface area contributed by atoms with E-state index in [9.17, 15) is 29.7 Å². The molecule has 0 unspecified atom stereocenters. The number of nitrogens with zero attached hydrogens (tertiary/aromatic N) is 9. The lowest BCUT2D eigenvalue weighted by molar-refractivity contribution is 0.0686. The van der Waals surface area contributed by atoms with Gasteiger partial charge < -0.3 is 15.3 Å². The average molecular weight is 878 g/mol. The predicted octanol–water partition coefficient (Wildman–Crippen LogP) is 10.1. The molecule has 15 nitrogen and oxygen atoms in total. The van der Waals surface area contributed by atoms with E-state index in [0.29, 0.717) is 34.1 Å². The van der Waals surface area contributed by atoms with E-state index < -0.39 is 17.9 Å². The van der Waals surface area contributed by atoms with Crippen LogP contribution >= 0.6 is 0 Å². The van der Waals surface area contributed by atoms with Crippen LogP contribution in [0.5, 0.6) is 0 Å². The molecule has 320 valence electrons. The molecule has 3 N–H and O–H groups in total. The largest absolute Gasteiger partial charge is 0.478 e. The number of pyridine rings is 5. The molecule has 0 bridgehead atoms. The lowest BCUT2D eigenvalue weighted by Crippen LogP contribution is -2.01. The van der Waals surface area contributed by atoms with Gasteiger partial charge in [-0.1, -0.05) is 18.2 Å². The Bertz CT molecular complexity index is 3950. The summed E-state index contributed by atoms with van der Waals surface area (Å²) in [7, 11) is 0. The van der Waals surface area contributed by atoms with Crippen LogP contribution in [0, 0.1) is 0 Å². The lowest BCUT2D eigenvalue weighted by atomic mass is 10.1. The SMILES string of the molecule is O=C(O)c1ccc(-c2nc3c4cccnc4c4ncccc4c3n2-c2ccc(C(=O)O)cc2)cc1.O=C(O)c1ccc(-n2c(-c3ccccn3)nc3c4cccnc4c4ncccc4c32)cc1. The van der Waals surface area contributed by atoms with E-state index in [0.717, 1.165) is 65.8 Å². The minimum Gasteiger partial charge on any atom is -0.478 e. The molecule has 7 aromatic heterocycles. The number of carbonyl (C=O) groups is 3. The van der Waals surface area contributed by atoms with E-state index in [1.165, 1.54) is 12.1 Å². The summed E-state index contributed by atoms with van der Waals surface area (Å²) in [6.07, 6.45) is 8.67. The molecule has 0 saturated heterocycles. The number of aromatic carboxylic acids is 3. The van der Waals surface area contributed by atoms with Gasteiger partial charge >= 0.3 is 17.9 Å². The van der Waals surface area contributed by atoms with Crippen molar-refractivity contribution < 1.29 is 29.7 Å². The summed E-state index contributed by atoms with van der Waals surface area (Å²) >= 11 is 0. The van der Waals surface area contributed by atoms with Gasteiger partial charge in [0.25, 0.3) is 0 Å². The minimum absolute atomic E-state index is 0.173. The average Bonchev–Trinajstić information content (AvgIpc) is 3.99. The van der Waals surface area contributed by atoms with Crippen molar-refractivity contribution in [3.63, 3.8) is 0 Å². The van der Waals surface area contributed by atoms with Crippen molar-refractivity contribution in [1.82, 2.24) is 44.0 Å². The number of hydrogen-bond donors (Lipinski definition) is 3. The second-order valence-corrected chi connectivity index (χ2v) is 15.3. The Morgan fingerprint density at radius 3 is 1.15 bits per heavy atom. The fourth-order valence-electron chi connectivity index (χ4n) is 8.48. The van der Waals surface area contributed by atoms with Crippen LogP contribution in [0.1, 0.15) is 31.1 Å². The number of aromatic nitrogens is 9. The number of carboxylic acids is 3. The summed E-state index contributed by atoms with van der Waals surface area (Å²) in [4.78, 5) is 67.1. The zero-order chi connectivity index (χ0) is 45.8. The van der Waals surface area contributed by atoms with Gasteiger partial charge in [0.2, 0.25) is 0 Å². The van der Waals surface area contributed by atoms with Crippen molar-refractivity contribution >= 4 is 83.6 Å². The highest BCUT2D eigenvalue weighted by Crippen LogP contribution is 2.39. The van der Waals surface area contributed by atoms with Crippen molar-refractivity contribution in [3.05, 3.63) is 187 Å². The molecule has 0 aliphatic rings. The third kappa shape index (κ3) is 6.78. The molecule has 12 aromatic rings. The Hall–Kier alpha value is -9.76. The van der Waals surface area contributed by atoms with Crippen LogP contribution in [-0.2, 0) is 0 Å². The summed E-state index contributed by atoms with van der Waals surface area (Å²) in [6.45, 7) is 0. The van der Waals surface area contributed by atoms with Crippen molar-refractivity contribution in [1.29, 1.82) is 0 Å². The van der Waals surface area contributed by atoms with Crippen LogP contribution in [0.2, 0.25) is 0 Å². The molecule has 0 saturated carbocycles. The maximum atomic E-state index is 11.4. The zero-order valence-electron chi connectivity index (χ0n) is 34.8. The second kappa shape index (κ2) is 16.1. The summed E-state index contributed by atoms with van der Waals surface area (Å²) in [5, 5.41) is 31.5. The van der Waals surface area contributed by atoms with Gasteiger partial charge in [-0.15, -0.1) is 0 Å². The molecule has 0 amide bonds. The van der Waals surface area contributed by atoms with Gasteiger partial charge in [0.15, 0.2) is 5.82 Å². The van der Waals surface area contributed by atoms with Crippen molar-refractivity contribution in [2.24, 2.45) is 0 Å². The molecule has 7 heterocycles. The van der Waals surface area contributed by atoms with Gasteiger partial charge in [-0.3, -0.25) is 34.1 Å². The minimum atomic E-state index is -1.01. The summed E-state index contributed by atoms with van der Waals surface area (Å²) < 4.78 is 3.97. The van der Waals surface area contributed by atoms with Crippen LogP contribution in [0.3, 0.4) is 0 Å². The van der Waals surface area contributed by atoms with Gasteiger partial charge in [-0.2, -0.15) is 0 Å².